The van der Waals surface area contributed by atoms with Gasteiger partial charge >= 0.3 is 0 Å². The predicted molar refractivity (Wildman–Crippen MR) is 79.2 cm³/mol. The van der Waals surface area contributed by atoms with E-state index in [9.17, 15) is 0 Å². The van der Waals surface area contributed by atoms with Crippen molar-refractivity contribution >= 4 is 11.8 Å². The molecule has 0 aliphatic carbocycles. The Labute approximate surface area is 118 Å². The third-order valence-electron chi connectivity index (χ3n) is 3.02. The van der Waals surface area contributed by atoms with Gasteiger partial charge in [-0.15, -0.1) is 11.8 Å². The van der Waals surface area contributed by atoms with Gasteiger partial charge in [0.25, 0.3) is 0 Å². The number of aryl methyl sites for hydroxylation is 1. The van der Waals surface area contributed by atoms with Crippen molar-refractivity contribution < 1.29 is 0 Å². The van der Waals surface area contributed by atoms with Crippen LogP contribution in [0.1, 0.15) is 31.3 Å². The average molecular weight is 276 g/mol. The second-order valence-electron chi connectivity index (χ2n) is 4.30. The van der Waals surface area contributed by atoms with Gasteiger partial charge in [0.2, 0.25) is 0 Å². The Morgan fingerprint density at radius 3 is 2.63 bits per heavy atom. The fourth-order valence-electron chi connectivity index (χ4n) is 2.00. The van der Waals surface area contributed by atoms with Crippen LogP contribution in [0.5, 0.6) is 0 Å². The van der Waals surface area contributed by atoms with Crippen LogP contribution in [0.4, 0.5) is 0 Å². The van der Waals surface area contributed by atoms with Gasteiger partial charge in [-0.2, -0.15) is 5.10 Å². The molecule has 0 saturated heterocycles. The summed E-state index contributed by atoms with van der Waals surface area (Å²) in [5.41, 5.74) is 7.39. The third kappa shape index (κ3) is 3.58. The predicted octanol–water partition coefficient (Wildman–Crippen LogP) is 2.65. The molecule has 0 radical (unpaired) electrons. The summed E-state index contributed by atoms with van der Waals surface area (Å²) in [6.45, 7) is 5.04. The fraction of sp³-hybridized carbons (Fsp3) is 0.429. The third-order valence-corrected chi connectivity index (χ3v) is 3.91. The van der Waals surface area contributed by atoms with Crippen LogP contribution in [-0.4, -0.2) is 20.5 Å². The Hall–Kier alpha value is -1.33. The molecule has 4 nitrogen and oxygen atoms in total. The fourth-order valence-corrected chi connectivity index (χ4v) is 2.66. The monoisotopic (exact) mass is 276 g/mol. The minimum atomic E-state index is -0.0322. The van der Waals surface area contributed by atoms with E-state index in [0.29, 0.717) is 6.42 Å². The second kappa shape index (κ2) is 6.73. The zero-order valence-electron chi connectivity index (χ0n) is 11.4. The van der Waals surface area contributed by atoms with Crippen LogP contribution in [0, 0.1) is 0 Å². The highest BCUT2D eigenvalue weighted by atomic mass is 32.2. The van der Waals surface area contributed by atoms with Crippen molar-refractivity contribution in [3.63, 3.8) is 0 Å². The number of nitrogens with two attached hydrogens (primary N) is 1. The molecule has 1 aromatic heterocycles. The Kier molecular flexibility index (Phi) is 4.99. The molecule has 1 unspecified atom stereocenters. The molecule has 0 aliphatic rings. The molecule has 0 spiro atoms. The summed E-state index contributed by atoms with van der Waals surface area (Å²) < 4.78 is 1.89. The lowest BCUT2D eigenvalue weighted by atomic mass is 10.0. The van der Waals surface area contributed by atoms with Gasteiger partial charge in [0.1, 0.15) is 12.2 Å². The van der Waals surface area contributed by atoms with Crippen LogP contribution in [0.25, 0.3) is 0 Å². The lowest BCUT2D eigenvalue weighted by molar-refractivity contribution is 0.581. The molecule has 1 heterocycles. The molecule has 2 aromatic rings. The maximum atomic E-state index is 6.25. The molecule has 5 heteroatoms. The summed E-state index contributed by atoms with van der Waals surface area (Å²) in [4.78, 5) is 5.55. The summed E-state index contributed by atoms with van der Waals surface area (Å²) in [6, 6.07) is 8.45. The van der Waals surface area contributed by atoms with Crippen LogP contribution in [0.3, 0.4) is 0 Å². The van der Waals surface area contributed by atoms with Crippen molar-refractivity contribution in [3.05, 3.63) is 42.0 Å². The first-order valence-electron chi connectivity index (χ1n) is 6.59. The topological polar surface area (TPSA) is 56.7 Å². The molecule has 0 bridgehead atoms. The van der Waals surface area contributed by atoms with E-state index in [4.69, 9.17) is 5.73 Å². The smallest absolute Gasteiger partial charge is 0.138 e. The van der Waals surface area contributed by atoms with Crippen molar-refractivity contribution in [1.82, 2.24) is 14.8 Å². The molecule has 0 saturated carbocycles. The van der Waals surface area contributed by atoms with Crippen molar-refractivity contribution in [2.45, 2.75) is 37.8 Å². The summed E-state index contributed by atoms with van der Waals surface area (Å²) in [5, 5.41) is 4.17. The molecular weight excluding hydrogens is 256 g/mol. The van der Waals surface area contributed by atoms with Crippen LogP contribution in [0.15, 0.2) is 35.5 Å². The number of benzene rings is 1. The van der Waals surface area contributed by atoms with Gasteiger partial charge in [0, 0.05) is 23.9 Å². The number of thioether (sulfide) groups is 1. The summed E-state index contributed by atoms with van der Waals surface area (Å²) in [6.07, 6.45) is 2.31. The van der Waals surface area contributed by atoms with Crippen LogP contribution < -0.4 is 5.73 Å². The van der Waals surface area contributed by atoms with E-state index >= 15 is 0 Å². The molecule has 102 valence electrons. The van der Waals surface area contributed by atoms with Crippen LogP contribution >= 0.6 is 11.8 Å². The SMILES string of the molecule is CCSc1ccc(C(N)Cc2ncnn2CC)cc1. The minimum absolute atomic E-state index is 0.0322. The van der Waals surface area contributed by atoms with Crippen molar-refractivity contribution in [3.8, 4) is 0 Å². The zero-order chi connectivity index (χ0) is 13.7. The molecule has 1 aromatic carbocycles. The molecule has 0 fully saturated rings. The first-order chi connectivity index (χ1) is 9.24. The highest BCUT2D eigenvalue weighted by Gasteiger charge is 2.11. The average Bonchev–Trinajstić information content (AvgIpc) is 2.87. The Bertz CT molecular complexity index is 506. The number of rotatable bonds is 6. The number of aromatic nitrogens is 3. The zero-order valence-corrected chi connectivity index (χ0v) is 12.2. The first kappa shape index (κ1) is 14.1. The summed E-state index contributed by atoms with van der Waals surface area (Å²) in [7, 11) is 0. The van der Waals surface area contributed by atoms with E-state index in [2.05, 4.69) is 48.2 Å². The van der Waals surface area contributed by atoms with Gasteiger partial charge in [-0.1, -0.05) is 19.1 Å². The van der Waals surface area contributed by atoms with E-state index in [1.165, 1.54) is 4.90 Å². The highest BCUT2D eigenvalue weighted by Crippen LogP contribution is 2.21. The number of hydrogen-bond donors (Lipinski definition) is 1. The lowest BCUT2D eigenvalue weighted by Crippen LogP contribution is -2.16. The van der Waals surface area contributed by atoms with Crippen LogP contribution in [0.2, 0.25) is 0 Å². The van der Waals surface area contributed by atoms with E-state index < -0.39 is 0 Å². The molecule has 2 rings (SSSR count). The maximum Gasteiger partial charge on any atom is 0.138 e. The maximum absolute atomic E-state index is 6.25. The van der Waals surface area contributed by atoms with Crippen molar-refractivity contribution in [2.75, 3.05) is 5.75 Å². The molecule has 19 heavy (non-hydrogen) atoms. The van der Waals surface area contributed by atoms with Crippen LogP contribution in [-0.2, 0) is 13.0 Å². The van der Waals surface area contributed by atoms with Gasteiger partial charge < -0.3 is 5.73 Å². The largest absolute Gasteiger partial charge is 0.324 e. The Morgan fingerprint density at radius 1 is 1.26 bits per heavy atom. The molecule has 0 amide bonds. The first-order valence-corrected chi connectivity index (χ1v) is 7.58. The quantitative estimate of drug-likeness (QED) is 0.824. The molecule has 0 aliphatic heterocycles. The van der Waals surface area contributed by atoms with Gasteiger partial charge in [-0.05, 0) is 30.4 Å². The van der Waals surface area contributed by atoms with E-state index in [1.807, 2.05) is 16.4 Å². The Balaban J connectivity index is 2.05. The molecular formula is C14H20N4S. The summed E-state index contributed by atoms with van der Waals surface area (Å²) in [5.74, 6) is 2.03. The summed E-state index contributed by atoms with van der Waals surface area (Å²) >= 11 is 1.84. The van der Waals surface area contributed by atoms with Gasteiger partial charge in [0.05, 0.1) is 0 Å². The number of hydrogen-bond acceptors (Lipinski definition) is 4. The van der Waals surface area contributed by atoms with E-state index in [1.54, 1.807) is 6.33 Å². The van der Waals surface area contributed by atoms with E-state index in [0.717, 1.165) is 23.7 Å². The number of nitrogens with zero attached hydrogens (tertiary/aromatic N) is 3. The molecule has 2 N–H and O–H groups in total. The highest BCUT2D eigenvalue weighted by molar-refractivity contribution is 7.99. The second-order valence-corrected chi connectivity index (χ2v) is 5.64. The molecule has 1 atom stereocenters. The normalized spacial score (nSPS) is 12.6. The van der Waals surface area contributed by atoms with Gasteiger partial charge in [-0.3, -0.25) is 4.68 Å². The minimum Gasteiger partial charge on any atom is -0.324 e. The Morgan fingerprint density at radius 2 is 2.00 bits per heavy atom. The van der Waals surface area contributed by atoms with E-state index in [-0.39, 0.29) is 6.04 Å². The lowest BCUT2D eigenvalue weighted by Gasteiger charge is -2.12. The standard InChI is InChI=1S/C14H20N4S/c1-3-18-14(16-10-17-18)9-13(15)11-5-7-12(8-6-11)19-4-2/h5-8,10,13H,3-4,9,15H2,1-2H3. The van der Waals surface area contributed by atoms with Gasteiger partial charge in [-0.25, -0.2) is 4.98 Å². The van der Waals surface area contributed by atoms with Crippen molar-refractivity contribution in [2.24, 2.45) is 5.73 Å². The van der Waals surface area contributed by atoms with Crippen molar-refractivity contribution in [1.29, 1.82) is 0 Å². The van der Waals surface area contributed by atoms with Gasteiger partial charge in [0.15, 0.2) is 0 Å².